The van der Waals surface area contributed by atoms with Crippen LogP contribution in [0.2, 0.25) is 0 Å². The van der Waals surface area contributed by atoms with Gasteiger partial charge in [0.25, 0.3) is 0 Å². The summed E-state index contributed by atoms with van der Waals surface area (Å²) in [6.07, 6.45) is 0.676. The van der Waals surface area contributed by atoms with Gasteiger partial charge in [-0.15, -0.1) is 0 Å². The molecule has 1 rings (SSSR count). The highest BCUT2D eigenvalue weighted by Crippen LogP contribution is 2.51. The van der Waals surface area contributed by atoms with Gasteiger partial charge in [0.1, 0.15) is 5.92 Å². The minimum Gasteiger partial charge on any atom is -0.462 e. The quantitative estimate of drug-likeness (QED) is 0.509. The molecular formula is C8H12ClFO2. The fourth-order valence-electron chi connectivity index (χ4n) is 0.833. The van der Waals surface area contributed by atoms with Crippen molar-refractivity contribution in [1.29, 1.82) is 0 Å². The summed E-state index contributed by atoms with van der Waals surface area (Å²) in [7, 11) is 0. The van der Waals surface area contributed by atoms with E-state index >= 15 is 0 Å². The molecule has 1 fully saturated rings. The molecule has 1 aliphatic carbocycles. The van der Waals surface area contributed by atoms with Crippen molar-refractivity contribution in [2.45, 2.75) is 37.9 Å². The van der Waals surface area contributed by atoms with Crippen LogP contribution in [0.25, 0.3) is 0 Å². The number of carbonyl (C=O) groups is 1. The molecule has 2 nitrogen and oxygen atoms in total. The predicted molar refractivity (Wildman–Crippen MR) is 43.6 cm³/mol. The molecule has 70 valence electrons. The van der Waals surface area contributed by atoms with Crippen molar-refractivity contribution in [2.75, 3.05) is 0 Å². The summed E-state index contributed by atoms with van der Waals surface area (Å²) >= 11 is 5.26. The molecule has 3 atom stereocenters. The Morgan fingerprint density at radius 1 is 1.92 bits per heavy atom. The number of ether oxygens (including phenoxy) is 1. The molecule has 0 saturated heterocycles. The Kier molecular flexibility index (Phi) is 2.61. The van der Waals surface area contributed by atoms with Crippen LogP contribution in [-0.4, -0.2) is 17.2 Å². The van der Waals surface area contributed by atoms with E-state index in [4.69, 9.17) is 16.3 Å². The van der Waals surface area contributed by atoms with Gasteiger partial charge in [0.15, 0.2) is 5.13 Å². The van der Waals surface area contributed by atoms with Crippen molar-refractivity contribution < 1.29 is 13.9 Å². The molecular weight excluding hydrogens is 183 g/mol. The number of hydrogen-bond donors (Lipinski definition) is 0. The van der Waals surface area contributed by atoms with E-state index in [2.05, 4.69) is 0 Å². The standard InChI is InChI=1S/C8H12ClFO2/c1-3-5(2)12-7(11)6-4-8(6,9)10/h5-6H,3-4H2,1-2H3/t5?,6-,8?/m0/s1. The van der Waals surface area contributed by atoms with Crippen LogP contribution >= 0.6 is 11.6 Å². The van der Waals surface area contributed by atoms with E-state index in [-0.39, 0.29) is 12.5 Å². The average molecular weight is 195 g/mol. The maximum absolute atomic E-state index is 12.7. The van der Waals surface area contributed by atoms with Gasteiger partial charge >= 0.3 is 5.97 Å². The van der Waals surface area contributed by atoms with E-state index in [1.54, 1.807) is 6.92 Å². The first-order valence-electron chi connectivity index (χ1n) is 4.05. The van der Waals surface area contributed by atoms with Crippen LogP contribution in [0, 0.1) is 5.92 Å². The summed E-state index contributed by atoms with van der Waals surface area (Å²) in [5.41, 5.74) is 0. The normalized spacial score (nSPS) is 35.8. The Morgan fingerprint density at radius 3 is 2.75 bits per heavy atom. The lowest BCUT2D eigenvalue weighted by atomic mass is 10.3. The van der Waals surface area contributed by atoms with Crippen molar-refractivity contribution >= 4 is 17.6 Å². The molecule has 0 aliphatic heterocycles. The molecule has 1 aliphatic rings. The predicted octanol–water partition coefficient (Wildman–Crippen LogP) is 2.25. The second-order valence-corrected chi connectivity index (χ2v) is 3.80. The van der Waals surface area contributed by atoms with E-state index in [1.165, 1.54) is 0 Å². The molecule has 0 amide bonds. The van der Waals surface area contributed by atoms with Gasteiger partial charge in [-0.1, -0.05) is 18.5 Å². The zero-order chi connectivity index (χ0) is 9.35. The van der Waals surface area contributed by atoms with Gasteiger partial charge in [-0.05, 0) is 13.3 Å². The summed E-state index contributed by atoms with van der Waals surface area (Å²) in [5, 5.41) is -1.83. The molecule has 0 N–H and O–H groups in total. The van der Waals surface area contributed by atoms with Crippen LogP contribution in [0.1, 0.15) is 26.7 Å². The van der Waals surface area contributed by atoms with Gasteiger partial charge in [0.2, 0.25) is 0 Å². The minimum atomic E-state index is -1.83. The van der Waals surface area contributed by atoms with E-state index in [0.29, 0.717) is 0 Å². The molecule has 0 spiro atoms. The summed E-state index contributed by atoms with van der Waals surface area (Å²) in [5.74, 6) is -1.25. The van der Waals surface area contributed by atoms with Gasteiger partial charge in [0, 0.05) is 6.42 Å². The molecule has 4 heteroatoms. The molecule has 0 heterocycles. The van der Waals surface area contributed by atoms with Crippen molar-refractivity contribution in [3.8, 4) is 0 Å². The number of rotatable bonds is 3. The highest BCUT2D eigenvalue weighted by molar-refractivity contribution is 6.26. The number of hydrogen-bond acceptors (Lipinski definition) is 2. The number of carbonyl (C=O) groups excluding carboxylic acids is 1. The van der Waals surface area contributed by atoms with Crippen LogP contribution in [-0.2, 0) is 9.53 Å². The van der Waals surface area contributed by atoms with Gasteiger partial charge in [-0.2, -0.15) is 0 Å². The third kappa shape index (κ3) is 2.09. The average Bonchev–Trinajstić information content (AvgIpc) is 2.59. The van der Waals surface area contributed by atoms with Crippen molar-refractivity contribution in [2.24, 2.45) is 5.92 Å². The van der Waals surface area contributed by atoms with Crippen molar-refractivity contribution in [1.82, 2.24) is 0 Å². The van der Waals surface area contributed by atoms with Crippen LogP contribution < -0.4 is 0 Å². The van der Waals surface area contributed by atoms with E-state index in [1.807, 2.05) is 6.92 Å². The van der Waals surface area contributed by atoms with E-state index in [9.17, 15) is 9.18 Å². The highest BCUT2D eigenvalue weighted by Gasteiger charge is 2.60. The second-order valence-electron chi connectivity index (χ2n) is 3.17. The van der Waals surface area contributed by atoms with Gasteiger partial charge in [-0.25, -0.2) is 4.39 Å². The van der Waals surface area contributed by atoms with Gasteiger partial charge in [0.05, 0.1) is 6.10 Å². The maximum atomic E-state index is 12.7. The van der Waals surface area contributed by atoms with Crippen LogP contribution in [0.4, 0.5) is 4.39 Å². The fraction of sp³-hybridized carbons (Fsp3) is 0.875. The fourth-order valence-corrected chi connectivity index (χ4v) is 1.08. The minimum absolute atomic E-state index is 0.0871. The lowest BCUT2D eigenvalue weighted by molar-refractivity contribution is -0.150. The summed E-state index contributed by atoms with van der Waals surface area (Å²) < 4.78 is 17.6. The number of alkyl halides is 2. The Balaban J connectivity index is 2.32. The van der Waals surface area contributed by atoms with Gasteiger partial charge in [-0.3, -0.25) is 4.79 Å². The van der Waals surface area contributed by atoms with Gasteiger partial charge < -0.3 is 4.74 Å². The first-order valence-corrected chi connectivity index (χ1v) is 4.43. The monoisotopic (exact) mass is 194 g/mol. The molecule has 12 heavy (non-hydrogen) atoms. The maximum Gasteiger partial charge on any atom is 0.313 e. The highest BCUT2D eigenvalue weighted by atomic mass is 35.5. The number of esters is 1. The lowest BCUT2D eigenvalue weighted by Crippen LogP contribution is -2.17. The Bertz CT molecular complexity index is 193. The SMILES string of the molecule is CCC(C)OC(=O)[C@@H]1CC1(F)Cl. The molecule has 1 saturated carbocycles. The molecule has 0 aromatic rings. The third-order valence-corrected chi connectivity index (χ3v) is 2.42. The zero-order valence-electron chi connectivity index (χ0n) is 7.14. The largest absolute Gasteiger partial charge is 0.462 e. The molecule has 2 unspecified atom stereocenters. The lowest BCUT2D eigenvalue weighted by Gasteiger charge is -2.09. The Morgan fingerprint density at radius 2 is 2.42 bits per heavy atom. The summed E-state index contributed by atoms with van der Waals surface area (Å²) in [6, 6.07) is 0. The molecule has 0 aromatic carbocycles. The zero-order valence-corrected chi connectivity index (χ0v) is 7.90. The molecule has 0 radical (unpaired) electrons. The molecule has 0 bridgehead atoms. The second kappa shape index (κ2) is 3.21. The first-order chi connectivity index (χ1) is 5.47. The van der Waals surface area contributed by atoms with Crippen LogP contribution in [0.15, 0.2) is 0 Å². The Labute approximate surface area is 76.0 Å². The van der Waals surface area contributed by atoms with Crippen LogP contribution in [0.3, 0.4) is 0 Å². The van der Waals surface area contributed by atoms with E-state index in [0.717, 1.165) is 6.42 Å². The summed E-state index contributed by atoms with van der Waals surface area (Å²) in [6.45, 7) is 3.67. The van der Waals surface area contributed by atoms with E-state index < -0.39 is 17.0 Å². The number of halogens is 2. The smallest absolute Gasteiger partial charge is 0.313 e. The van der Waals surface area contributed by atoms with Crippen LogP contribution in [0.5, 0.6) is 0 Å². The summed E-state index contributed by atoms with van der Waals surface area (Å²) in [4.78, 5) is 11.0. The first kappa shape index (κ1) is 9.78. The Hall–Kier alpha value is -0.310. The molecule has 0 aromatic heterocycles. The van der Waals surface area contributed by atoms with Crippen molar-refractivity contribution in [3.05, 3.63) is 0 Å². The topological polar surface area (TPSA) is 26.3 Å². The third-order valence-electron chi connectivity index (χ3n) is 2.00. The van der Waals surface area contributed by atoms with Crippen molar-refractivity contribution in [3.63, 3.8) is 0 Å².